The number of hydrogen-bond donors (Lipinski definition) is 1. The Hall–Kier alpha value is -1.51. The minimum atomic E-state index is -4.36. The molecule has 0 rings (SSSR count). The summed E-state index contributed by atoms with van der Waals surface area (Å²) in [6, 6.07) is 0. The number of phosphoric acid groups is 1. The largest absolute Gasteiger partial charge is 0.472 e. The summed E-state index contributed by atoms with van der Waals surface area (Å²) in [6.07, 6.45) is 63.6. The highest BCUT2D eigenvalue weighted by Crippen LogP contribution is 2.43. The van der Waals surface area contributed by atoms with Crippen molar-refractivity contribution in [1.29, 1.82) is 0 Å². The lowest BCUT2D eigenvalue weighted by atomic mass is 10.0. The van der Waals surface area contributed by atoms with E-state index in [1.165, 1.54) is 212 Å². The van der Waals surface area contributed by atoms with E-state index in [2.05, 4.69) is 38.2 Å². The van der Waals surface area contributed by atoms with E-state index in [-0.39, 0.29) is 32.0 Å². The maximum absolute atomic E-state index is 12.7. The molecule has 0 aromatic rings. The number of hydrogen-bond acceptors (Lipinski definition) is 7. The van der Waals surface area contributed by atoms with Crippen molar-refractivity contribution >= 4 is 19.8 Å². The number of likely N-dealkylation sites (N-methyl/N-ethyl adjacent to an activating group) is 1. The number of nitrogens with zero attached hydrogens (tertiary/aromatic N) is 1. The predicted molar refractivity (Wildman–Crippen MR) is 298 cm³/mol. The highest BCUT2D eigenvalue weighted by atomic mass is 31.2. The Morgan fingerprint density at radius 2 is 0.771 bits per heavy atom. The van der Waals surface area contributed by atoms with Crippen LogP contribution < -0.4 is 0 Å². The van der Waals surface area contributed by atoms with E-state index in [4.69, 9.17) is 18.5 Å². The van der Waals surface area contributed by atoms with Crippen molar-refractivity contribution in [2.24, 2.45) is 0 Å². The summed E-state index contributed by atoms with van der Waals surface area (Å²) in [5.74, 6) is -0.798. The van der Waals surface area contributed by atoms with Crippen LogP contribution in [0.25, 0.3) is 0 Å². The number of carbonyl (C=O) groups is 2. The van der Waals surface area contributed by atoms with Gasteiger partial charge in [-0.15, -0.1) is 0 Å². The maximum Gasteiger partial charge on any atom is 0.472 e. The van der Waals surface area contributed by atoms with Gasteiger partial charge in [0.05, 0.1) is 27.7 Å². The molecule has 2 atom stereocenters. The first-order valence-electron chi connectivity index (χ1n) is 30.1. The van der Waals surface area contributed by atoms with Crippen LogP contribution in [-0.4, -0.2) is 74.9 Å². The minimum Gasteiger partial charge on any atom is -0.462 e. The fourth-order valence-corrected chi connectivity index (χ4v) is 9.56. The summed E-state index contributed by atoms with van der Waals surface area (Å²) in [5, 5.41) is 0. The van der Waals surface area contributed by atoms with Crippen molar-refractivity contribution in [3.63, 3.8) is 0 Å². The van der Waals surface area contributed by atoms with Crippen molar-refractivity contribution < 1.29 is 42.1 Å². The van der Waals surface area contributed by atoms with Gasteiger partial charge in [0.15, 0.2) is 6.10 Å². The smallest absolute Gasteiger partial charge is 0.462 e. The summed E-state index contributed by atoms with van der Waals surface area (Å²) >= 11 is 0. The standard InChI is InChI=1S/C60H116NO8P/c1-6-8-10-12-13-14-15-16-17-18-19-20-21-22-23-24-25-26-27-28-29-30-31-32-33-34-35-36-37-38-39-40-41-42-43-44-45-46-47-49-51-53-60(63)69-58(56-66-59(62)52-50-48-11-9-7-2)57-68-70(64,65)67-55-54-61(3,4)5/h15-16,18-19,58H,6-14,17,20-57H2,1-5H3/p+1/b16-15-,19-18-. The number of allylic oxidation sites excluding steroid dienone is 4. The second kappa shape index (κ2) is 52.4. The third-order valence-electron chi connectivity index (χ3n) is 13.5. The fraction of sp³-hybridized carbons (Fsp3) is 0.900. The molecule has 0 aromatic carbocycles. The van der Waals surface area contributed by atoms with Crippen LogP contribution in [0.5, 0.6) is 0 Å². The van der Waals surface area contributed by atoms with Gasteiger partial charge in [0.25, 0.3) is 0 Å². The Morgan fingerprint density at radius 1 is 0.443 bits per heavy atom. The zero-order valence-corrected chi connectivity index (χ0v) is 47.9. The summed E-state index contributed by atoms with van der Waals surface area (Å²) < 4.78 is 34.2. The van der Waals surface area contributed by atoms with Gasteiger partial charge in [0.1, 0.15) is 19.8 Å². The average Bonchev–Trinajstić information content (AvgIpc) is 3.32. The van der Waals surface area contributed by atoms with Gasteiger partial charge in [0.2, 0.25) is 0 Å². The molecule has 0 aromatic heterocycles. The number of ether oxygens (including phenoxy) is 2. The maximum atomic E-state index is 12.7. The van der Waals surface area contributed by atoms with E-state index >= 15 is 0 Å². The number of phosphoric ester groups is 1. The van der Waals surface area contributed by atoms with Gasteiger partial charge in [-0.05, 0) is 44.9 Å². The number of quaternary nitrogens is 1. The van der Waals surface area contributed by atoms with E-state index < -0.39 is 26.5 Å². The lowest BCUT2D eigenvalue weighted by Crippen LogP contribution is -2.37. The Labute approximate surface area is 434 Å². The Balaban J connectivity index is 3.66. The molecule has 0 aliphatic rings. The topological polar surface area (TPSA) is 108 Å². The van der Waals surface area contributed by atoms with E-state index in [1.54, 1.807) is 0 Å². The highest BCUT2D eigenvalue weighted by molar-refractivity contribution is 7.47. The van der Waals surface area contributed by atoms with Crippen LogP contribution in [0, 0.1) is 0 Å². The molecule has 0 fully saturated rings. The van der Waals surface area contributed by atoms with Crippen LogP contribution in [0.4, 0.5) is 0 Å². The molecular formula is C60H117NO8P+. The third kappa shape index (κ3) is 55.8. The molecule has 10 heteroatoms. The third-order valence-corrected chi connectivity index (χ3v) is 14.5. The van der Waals surface area contributed by atoms with Gasteiger partial charge in [-0.3, -0.25) is 18.6 Å². The molecule has 1 N–H and O–H groups in total. The molecule has 414 valence electrons. The van der Waals surface area contributed by atoms with E-state index in [9.17, 15) is 19.0 Å². The van der Waals surface area contributed by atoms with Crippen molar-refractivity contribution in [3.05, 3.63) is 24.3 Å². The predicted octanol–water partition coefficient (Wildman–Crippen LogP) is 18.6. The molecule has 2 unspecified atom stereocenters. The monoisotopic (exact) mass is 1010 g/mol. The van der Waals surface area contributed by atoms with Gasteiger partial charge < -0.3 is 18.9 Å². The second-order valence-electron chi connectivity index (χ2n) is 21.7. The Kier molecular flexibility index (Phi) is 51.2. The molecule has 0 aliphatic heterocycles. The van der Waals surface area contributed by atoms with Crippen LogP contribution in [0.1, 0.15) is 296 Å². The molecule has 0 amide bonds. The zero-order valence-electron chi connectivity index (χ0n) is 47.0. The highest BCUT2D eigenvalue weighted by Gasteiger charge is 2.27. The summed E-state index contributed by atoms with van der Waals surface area (Å²) in [7, 11) is 1.49. The van der Waals surface area contributed by atoms with Crippen LogP contribution in [0.3, 0.4) is 0 Å². The van der Waals surface area contributed by atoms with Crippen molar-refractivity contribution in [3.8, 4) is 0 Å². The average molecular weight is 1010 g/mol. The van der Waals surface area contributed by atoms with Crippen LogP contribution in [-0.2, 0) is 32.7 Å². The van der Waals surface area contributed by atoms with Crippen LogP contribution in [0.2, 0.25) is 0 Å². The first-order valence-corrected chi connectivity index (χ1v) is 31.6. The molecule has 0 aliphatic carbocycles. The lowest BCUT2D eigenvalue weighted by molar-refractivity contribution is -0.870. The van der Waals surface area contributed by atoms with Gasteiger partial charge in [-0.1, -0.05) is 263 Å². The van der Waals surface area contributed by atoms with Gasteiger partial charge in [-0.25, -0.2) is 4.57 Å². The molecule has 0 bridgehead atoms. The second-order valence-corrected chi connectivity index (χ2v) is 23.2. The molecular weight excluding hydrogens is 894 g/mol. The van der Waals surface area contributed by atoms with Gasteiger partial charge in [0, 0.05) is 12.8 Å². The SMILES string of the molecule is CCCCCCC/C=C\C/C=C\CCCCCCCCCCCCCCCCCCCCCCCCCCCCCCCC(=O)OC(COC(=O)CCCCCCC)COP(=O)(O)OCC[N+](C)(C)C. The number of carbonyl (C=O) groups excluding carboxylic acids is 2. The van der Waals surface area contributed by atoms with E-state index in [0.717, 1.165) is 51.4 Å². The van der Waals surface area contributed by atoms with Gasteiger partial charge in [-0.2, -0.15) is 0 Å². The Morgan fingerprint density at radius 3 is 1.13 bits per heavy atom. The molecule has 9 nitrogen and oxygen atoms in total. The Bertz CT molecular complexity index is 1240. The van der Waals surface area contributed by atoms with Crippen molar-refractivity contribution in [2.75, 3.05) is 47.5 Å². The molecule has 0 heterocycles. The van der Waals surface area contributed by atoms with Gasteiger partial charge >= 0.3 is 19.8 Å². The van der Waals surface area contributed by atoms with E-state index in [0.29, 0.717) is 17.4 Å². The normalized spacial score (nSPS) is 13.4. The fourth-order valence-electron chi connectivity index (χ4n) is 8.81. The first kappa shape index (κ1) is 68.5. The summed E-state index contributed by atoms with van der Waals surface area (Å²) in [4.78, 5) is 35.2. The van der Waals surface area contributed by atoms with Crippen LogP contribution >= 0.6 is 7.82 Å². The minimum absolute atomic E-state index is 0.0351. The lowest BCUT2D eigenvalue weighted by Gasteiger charge is -2.24. The summed E-state index contributed by atoms with van der Waals surface area (Å²) in [6.45, 7) is 4.35. The molecule has 0 saturated carbocycles. The molecule has 0 saturated heterocycles. The first-order chi connectivity index (χ1) is 34.0. The summed E-state index contributed by atoms with van der Waals surface area (Å²) in [5.41, 5.74) is 0. The molecule has 70 heavy (non-hydrogen) atoms. The number of unbranched alkanes of at least 4 members (excludes halogenated alkanes) is 38. The van der Waals surface area contributed by atoms with Crippen molar-refractivity contribution in [1.82, 2.24) is 0 Å². The van der Waals surface area contributed by atoms with E-state index in [1.807, 2.05) is 21.1 Å². The number of esters is 2. The zero-order chi connectivity index (χ0) is 51.3. The quantitative estimate of drug-likeness (QED) is 0.0211. The van der Waals surface area contributed by atoms with Crippen LogP contribution in [0.15, 0.2) is 24.3 Å². The molecule has 0 radical (unpaired) electrons. The number of rotatable bonds is 56. The van der Waals surface area contributed by atoms with Crippen molar-refractivity contribution in [2.45, 2.75) is 302 Å². The molecule has 0 spiro atoms.